The van der Waals surface area contributed by atoms with Crippen LogP contribution in [0.15, 0.2) is 42.5 Å². The summed E-state index contributed by atoms with van der Waals surface area (Å²) in [7, 11) is 3.13. The Bertz CT molecular complexity index is 761. The molecular weight excluding hydrogens is 352 g/mol. The maximum absolute atomic E-state index is 13.0. The Morgan fingerprint density at radius 3 is 2.18 bits per heavy atom. The second-order valence-electron chi connectivity index (χ2n) is 7.27. The van der Waals surface area contributed by atoms with Crippen molar-refractivity contribution in [3.8, 4) is 11.5 Å². The fraction of sp³-hybridized carbons (Fsp3) is 0.435. The van der Waals surface area contributed by atoms with E-state index >= 15 is 0 Å². The number of aryl methyl sites for hydroxylation is 1. The minimum Gasteiger partial charge on any atom is -0.496 e. The van der Waals surface area contributed by atoms with Crippen molar-refractivity contribution in [3.63, 3.8) is 0 Å². The van der Waals surface area contributed by atoms with E-state index in [4.69, 9.17) is 9.47 Å². The van der Waals surface area contributed by atoms with Crippen LogP contribution < -0.4 is 14.8 Å². The zero-order chi connectivity index (χ0) is 19.9. The molecule has 1 atom stereocenters. The van der Waals surface area contributed by atoms with Crippen LogP contribution in [0.1, 0.15) is 46.8 Å². The number of likely N-dealkylation sites (tertiary alicyclic amines) is 1. The van der Waals surface area contributed by atoms with Crippen LogP contribution in [-0.4, -0.2) is 44.7 Å². The lowest BCUT2D eigenvalue weighted by Gasteiger charge is -2.35. The molecule has 0 spiro atoms. The molecular formula is C23H30N2O3. The van der Waals surface area contributed by atoms with Crippen molar-refractivity contribution in [1.82, 2.24) is 10.2 Å². The van der Waals surface area contributed by atoms with Gasteiger partial charge in [-0.2, -0.15) is 0 Å². The minimum atomic E-state index is -0.177. The van der Waals surface area contributed by atoms with Crippen molar-refractivity contribution in [1.29, 1.82) is 0 Å². The monoisotopic (exact) mass is 382 g/mol. The molecule has 0 aliphatic carbocycles. The zero-order valence-electron chi connectivity index (χ0n) is 17.0. The van der Waals surface area contributed by atoms with Crippen molar-refractivity contribution >= 4 is 5.91 Å². The summed E-state index contributed by atoms with van der Waals surface area (Å²) in [6.45, 7) is 4.76. The Balaban J connectivity index is 1.80. The Labute approximate surface area is 167 Å². The number of amides is 1. The molecule has 0 bridgehead atoms. The maximum Gasteiger partial charge on any atom is 0.258 e. The summed E-state index contributed by atoms with van der Waals surface area (Å²) in [5, 5.41) is 3.12. The van der Waals surface area contributed by atoms with Crippen molar-refractivity contribution in [3.05, 3.63) is 59.2 Å². The average Bonchev–Trinajstić information content (AvgIpc) is 2.75. The predicted molar refractivity (Wildman–Crippen MR) is 111 cm³/mol. The Morgan fingerprint density at radius 1 is 1.00 bits per heavy atom. The lowest BCUT2D eigenvalue weighted by atomic mass is 10.0. The third-order valence-corrected chi connectivity index (χ3v) is 5.40. The highest BCUT2D eigenvalue weighted by atomic mass is 16.5. The summed E-state index contributed by atoms with van der Waals surface area (Å²) in [4.78, 5) is 15.5. The summed E-state index contributed by atoms with van der Waals surface area (Å²) in [6, 6.07) is 14.1. The number of benzene rings is 2. The van der Waals surface area contributed by atoms with Gasteiger partial charge in [-0.3, -0.25) is 9.69 Å². The molecule has 150 valence electrons. The molecule has 0 saturated carbocycles. The number of carbonyl (C=O) groups is 1. The van der Waals surface area contributed by atoms with Crippen LogP contribution in [0.5, 0.6) is 11.5 Å². The number of nitrogens with one attached hydrogen (secondary N) is 1. The van der Waals surface area contributed by atoms with Gasteiger partial charge in [0.15, 0.2) is 0 Å². The Kier molecular flexibility index (Phi) is 6.93. The highest BCUT2D eigenvalue weighted by Crippen LogP contribution is 2.29. The first-order valence-electron chi connectivity index (χ1n) is 9.94. The van der Waals surface area contributed by atoms with Gasteiger partial charge in [0.2, 0.25) is 0 Å². The molecule has 2 aromatic rings. The minimum absolute atomic E-state index is 0.158. The second kappa shape index (κ2) is 9.60. The number of methoxy groups -OCH3 is 2. The van der Waals surface area contributed by atoms with Gasteiger partial charge in [0, 0.05) is 6.54 Å². The molecule has 1 N–H and O–H groups in total. The third kappa shape index (κ3) is 4.65. The van der Waals surface area contributed by atoms with Crippen LogP contribution in [0, 0.1) is 6.92 Å². The average molecular weight is 383 g/mol. The summed E-state index contributed by atoms with van der Waals surface area (Å²) in [5.74, 6) is 0.854. The van der Waals surface area contributed by atoms with E-state index in [0.29, 0.717) is 23.6 Å². The highest BCUT2D eigenvalue weighted by Gasteiger charge is 2.24. The van der Waals surface area contributed by atoms with Gasteiger partial charge in [-0.15, -0.1) is 0 Å². The summed E-state index contributed by atoms with van der Waals surface area (Å²) < 4.78 is 10.8. The summed E-state index contributed by atoms with van der Waals surface area (Å²) >= 11 is 0. The number of hydrogen-bond acceptors (Lipinski definition) is 4. The molecule has 1 unspecified atom stereocenters. The molecule has 1 heterocycles. The van der Waals surface area contributed by atoms with E-state index in [0.717, 1.165) is 13.1 Å². The van der Waals surface area contributed by atoms with E-state index in [1.165, 1.54) is 30.4 Å². The molecule has 5 nitrogen and oxygen atoms in total. The third-order valence-electron chi connectivity index (χ3n) is 5.40. The quantitative estimate of drug-likeness (QED) is 0.787. The lowest BCUT2D eigenvalue weighted by Crippen LogP contribution is -2.40. The first-order valence-corrected chi connectivity index (χ1v) is 9.94. The van der Waals surface area contributed by atoms with Crippen LogP contribution in [0.25, 0.3) is 0 Å². The largest absolute Gasteiger partial charge is 0.496 e. The number of carbonyl (C=O) groups excluding carboxylic acids is 1. The van der Waals surface area contributed by atoms with Gasteiger partial charge in [-0.05, 0) is 50.6 Å². The van der Waals surface area contributed by atoms with E-state index in [1.807, 2.05) is 6.07 Å². The molecule has 0 radical (unpaired) electrons. The van der Waals surface area contributed by atoms with E-state index in [9.17, 15) is 4.79 Å². The zero-order valence-corrected chi connectivity index (χ0v) is 17.0. The Hall–Kier alpha value is -2.53. The van der Waals surface area contributed by atoms with Crippen molar-refractivity contribution in [2.24, 2.45) is 0 Å². The van der Waals surface area contributed by atoms with E-state index in [-0.39, 0.29) is 11.9 Å². The predicted octanol–water partition coefficient (Wildman–Crippen LogP) is 3.97. The number of nitrogens with zero attached hydrogens (tertiary/aromatic N) is 1. The fourth-order valence-electron chi connectivity index (χ4n) is 3.83. The molecule has 3 rings (SSSR count). The van der Waals surface area contributed by atoms with E-state index in [1.54, 1.807) is 26.4 Å². The summed E-state index contributed by atoms with van der Waals surface area (Å²) in [5.41, 5.74) is 2.91. The molecule has 0 aromatic heterocycles. The number of ether oxygens (including phenoxy) is 2. The molecule has 28 heavy (non-hydrogen) atoms. The molecule has 1 aliphatic rings. The Morgan fingerprint density at radius 2 is 1.61 bits per heavy atom. The van der Waals surface area contributed by atoms with Gasteiger partial charge in [0.1, 0.15) is 17.1 Å². The van der Waals surface area contributed by atoms with Crippen molar-refractivity contribution in [2.75, 3.05) is 33.9 Å². The van der Waals surface area contributed by atoms with Gasteiger partial charge in [-0.25, -0.2) is 0 Å². The normalized spacial score (nSPS) is 15.7. The second-order valence-corrected chi connectivity index (χ2v) is 7.27. The van der Waals surface area contributed by atoms with Crippen LogP contribution in [-0.2, 0) is 0 Å². The van der Waals surface area contributed by atoms with Gasteiger partial charge in [-0.1, -0.05) is 42.3 Å². The number of rotatable bonds is 7. The molecule has 1 fully saturated rings. The molecule has 2 aromatic carbocycles. The molecule has 5 heteroatoms. The van der Waals surface area contributed by atoms with Crippen LogP contribution in [0.4, 0.5) is 0 Å². The molecule has 1 aliphatic heterocycles. The first-order chi connectivity index (χ1) is 13.6. The van der Waals surface area contributed by atoms with Crippen molar-refractivity contribution in [2.45, 2.75) is 32.2 Å². The number of hydrogen-bond donors (Lipinski definition) is 1. The standard InChI is InChI=1S/C23H30N2O3/c1-17-10-12-18(13-11-17)19(25-14-5-4-6-15-25)16-24-23(26)22-20(27-2)8-7-9-21(22)28-3/h7-13,19H,4-6,14-16H2,1-3H3,(H,24,26). The smallest absolute Gasteiger partial charge is 0.258 e. The lowest BCUT2D eigenvalue weighted by molar-refractivity contribution is 0.0918. The van der Waals surface area contributed by atoms with Crippen LogP contribution in [0.2, 0.25) is 0 Å². The van der Waals surface area contributed by atoms with Crippen LogP contribution in [0.3, 0.4) is 0 Å². The topological polar surface area (TPSA) is 50.8 Å². The van der Waals surface area contributed by atoms with Gasteiger partial charge >= 0.3 is 0 Å². The SMILES string of the molecule is COc1cccc(OC)c1C(=O)NCC(c1ccc(C)cc1)N1CCCCC1. The van der Waals surface area contributed by atoms with E-state index < -0.39 is 0 Å². The van der Waals surface area contributed by atoms with Gasteiger partial charge < -0.3 is 14.8 Å². The first kappa shape index (κ1) is 20.2. The van der Waals surface area contributed by atoms with Gasteiger partial charge in [0.05, 0.1) is 20.3 Å². The van der Waals surface area contributed by atoms with Crippen molar-refractivity contribution < 1.29 is 14.3 Å². The summed E-state index contributed by atoms with van der Waals surface area (Å²) in [6.07, 6.45) is 3.69. The maximum atomic E-state index is 13.0. The van der Waals surface area contributed by atoms with Crippen LogP contribution >= 0.6 is 0 Å². The van der Waals surface area contributed by atoms with E-state index in [2.05, 4.69) is 41.4 Å². The molecule has 1 saturated heterocycles. The fourth-order valence-corrected chi connectivity index (χ4v) is 3.83. The van der Waals surface area contributed by atoms with Gasteiger partial charge in [0.25, 0.3) is 5.91 Å². The molecule has 1 amide bonds. The number of piperidine rings is 1. The highest BCUT2D eigenvalue weighted by molar-refractivity contribution is 5.99.